The average Bonchev–Trinajstić information content (AvgIpc) is 2.83. The molecule has 0 saturated heterocycles. The van der Waals surface area contributed by atoms with Gasteiger partial charge >= 0.3 is 5.97 Å². The van der Waals surface area contributed by atoms with Crippen molar-refractivity contribution in [1.82, 2.24) is 16.0 Å². The van der Waals surface area contributed by atoms with Gasteiger partial charge in [-0.3, -0.25) is 19.7 Å². The van der Waals surface area contributed by atoms with Gasteiger partial charge in [-0.1, -0.05) is 29.8 Å². The van der Waals surface area contributed by atoms with Crippen molar-refractivity contribution in [3.8, 4) is 11.5 Å². The van der Waals surface area contributed by atoms with Crippen molar-refractivity contribution in [1.29, 1.82) is 0 Å². The van der Waals surface area contributed by atoms with Gasteiger partial charge in [-0.15, -0.1) is 0 Å². The van der Waals surface area contributed by atoms with Crippen LogP contribution in [0.4, 0.5) is 4.39 Å². The first-order valence-electron chi connectivity index (χ1n) is 10.9. The number of hydrogen-bond donors (Lipinski definition) is 4. The normalized spacial score (nSPS) is 16.3. The van der Waals surface area contributed by atoms with E-state index in [1.54, 1.807) is 18.2 Å². The second-order valence-electron chi connectivity index (χ2n) is 7.91. The fourth-order valence-electron chi connectivity index (χ4n) is 3.47. The molecule has 0 saturated carbocycles. The number of carbonyl (C=O) groups excluding carboxylic acids is 2. The molecular weight excluding hydrogens is 516 g/mol. The Bertz CT molecular complexity index is 1160. The van der Waals surface area contributed by atoms with Gasteiger partial charge < -0.3 is 25.2 Å². The number of fused-ring (bicyclic) bond motifs is 1. The quantitative estimate of drug-likeness (QED) is 0.345. The number of carbonyl (C=O) groups is 3. The SMILES string of the molecule is C=C(CCNC(=O)C1CC(NCC(=O)O)c2cc(Cl)ccc2O1)NC(=O)COc1ccc(Cl)c(F)c1. The minimum atomic E-state index is -1.03. The van der Waals surface area contributed by atoms with Crippen LogP contribution in [0.25, 0.3) is 0 Å². The molecule has 0 fully saturated rings. The van der Waals surface area contributed by atoms with Crippen molar-refractivity contribution in [3.63, 3.8) is 0 Å². The molecule has 9 nitrogen and oxygen atoms in total. The third kappa shape index (κ3) is 7.84. The highest BCUT2D eigenvalue weighted by Crippen LogP contribution is 2.36. The molecular formula is C24H24Cl2FN3O6. The standard InChI is InChI=1S/C24H24Cl2FN3O6/c1-13(30-22(31)12-35-15-3-4-17(26)18(27)9-15)6-7-28-24(34)21-10-19(29-11-23(32)33)16-8-14(25)2-5-20(16)36-21/h2-5,8-9,19,21,29H,1,6-7,10-12H2,(H,28,34)(H,30,31)(H,32,33). The van der Waals surface area contributed by atoms with Crippen LogP contribution in [-0.4, -0.2) is 48.7 Å². The maximum atomic E-state index is 13.4. The van der Waals surface area contributed by atoms with Crippen molar-refractivity contribution in [2.24, 2.45) is 0 Å². The molecule has 2 unspecified atom stereocenters. The molecule has 0 radical (unpaired) electrons. The Morgan fingerprint density at radius 1 is 1.19 bits per heavy atom. The highest BCUT2D eigenvalue weighted by molar-refractivity contribution is 6.31. The molecule has 1 heterocycles. The number of ether oxygens (including phenoxy) is 2. The number of carboxylic acids is 1. The molecule has 3 rings (SSSR count). The van der Waals surface area contributed by atoms with Crippen LogP contribution in [0.2, 0.25) is 10.0 Å². The van der Waals surface area contributed by atoms with Crippen LogP contribution < -0.4 is 25.4 Å². The molecule has 2 amide bonds. The molecule has 192 valence electrons. The van der Waals surface area contributed by atoms with E-state index in [0.29, 0.717) is 22.0 Å². The Kier molecular flexibility index (Phi) is 9.51. The molecule has 1 aliphatic rings. The van der Waals surface area contributed by atoms with Gasteiger partial charge in [0.2, 0.25) is 0 Å². The Labute approximate surface area is 216 Å². The van der Waals surface area contributed by atoms with Gasteiger partial charge in [0.25, 0.3) is 11.8 Å². The number of amides is 2. The van der Waals surface area contributed by atoms with E-state index in [-0.39, 0.29) is 43.3 Å². The molecule has 36 heavy (non-hydrogen) atoms. The van der Waals surface area contributed by atoms with E-state index in [9.17, 15) is 18.8 Å². The first kappa shape index (κ1) is 27.3. The fourth-order valence-corrected chi connectivity index (χ4v) is 3.77. The summed E-state index contributed by atoms with van der Waals surface area (Å²) >= 11 is 11.7. The topological polar surface area (TPSA) is 126 Å². The Morgan fingerprint density at radius 2 is 1.97 bits per heavy atom. The Morgan fingerprint density at radius 3 is 2.69 bits per heavy atom. The van der Waals surface area contributed by atoms with E-state index in [1.807, 2.05) is 0 Å². The van der Waals surface area contributed by atoms with Crippen molar-refractivity contribution in [2.45, 2.75) is 25.0 Å². The number of nitrogens with one attached hydrogen (secondary N) is 3. The summed E-state index contributed by atoms with van der Waals surface area (Å²) in [6, 6.07) is 8.30. The lowest BCUT2D eigenvalue weighted by molar-refractivity contribution is -0.136. The first-order chi connectivity index (χ1) is 17.1. The van der Waals surface area contributed by atoms with Gasteiger partial charge in [0.05, 0.1) is 11.6 Å². The second-order valence-corrected chi connectivity index (χ2v) is 8.75. The van der Waals surface area contributed by atoms with Gasteiger partial charge in [0, 0.05) is 47.8 Å². The predicted molar refractivity (Wildman–Crippen MR) is 131 cm³/mol. The van der Waals surface area contributed by atoms with Crippen LogP contribution >= 0.6 is 23.2 Å². The predicted octanol–water partition coefficient (Wildman–Crippen LogP) is 3.21. The number of halogens is 3. The van der Waals surface area contributed by atoms with Gasteiger partial charge in [-0.05, 0) is 30.3 Å². The minimum Gasteiger partial charge on any atom is -0.484 e. The van der Waals surface area contributed by atoms with Gasteiger partial charge in [0.15, 0.2) is 12.7 Å². The van der Waals surface area contributed by atoms with Crippen LogP contribution in [0, 0.1) is 5.82 Å². The van der Waals surface area contributed by atoms with Gasteiger partial charge in [0.1, 0.15) is 17.3 Å². The molecule has 4 N–H and O–H groups in total. The zero-order valence-electron chi connectivity index (χ0n) is 19.0. The highest BCUT2D eigenvalue weighted by Gasteiger charge is 2.33. The van der Waals surface area contributed by atoms with Gasteiger partial charge in [-0.25, -0.2) is 4.39 Å². The van der Waals surface area contributed by atoms with Crippen molar-refractivity contribution in [2.75, 3.05) is 19.7 Å². The zero-order chi connectivity index (χ0) is 26.2. The summed E-state index contributed by atoms with van der Waals surface area (Å²) < 4.78 is 24.4. The molecule has 0 aromatic heterocycles. The van der Waals surface area contributed by atoms with Gasteiger partial charge in [-0.2, -0.15) is 0 Å². The summed E-state index contributed by atoms with van der Waals surface area (Å²) in [5.74, 6) is -2.00. The van der Waals surface area contributed by atoms with E-state index < -0.39 is 35.7 Å². The largest absolute Gasteiger partial charge is 0.484 e. The average molecular weight is 540 g/mol. The lowest BCUT2D eigenvalue weighted by Gasteiger charge is -2.32. The van der Waals surface area contributed by atoms with Crippen LogP contribution in [0.5, 0.6) is 11.5 Å². The third-order valence-electron chi connectivity index (χ3n) is 5.16. The van der Waals surface area contributed by atoms with E-state index in [2.05, 4.69) is 22.5 Å². The summed E-state index contributed by atoms with van der Waals surface area (Å²) in [7, 11) is 0. The summed E-state index contributed by atoms with van der Waals surface area (Å²) in [6.07, 6.45) is -0.416. The molecule has 0 aliphatic carbocycles. The first-order valence-corrected chi connectivity index (χ1v) is 11.6. The summed E-state index contributed by atoms with van der Waals surface area (Å²) in [5.41, 5.74) is 1.02. The van der Waals surface area contributed by atoms with E-state index in [4.69, 9.17) is 37.8 Å². The molecule has 0 bridgehead atoms. The van der Waals surface area contributed by atoms with Crippen LogP contribution in [0.15, 0.2) is 48.7 Å². The maximum Gasteiger partial charge on any atom is 0.317 e. The smallest absolute Gasteiger partial charge is 0.317 e. The molecule has 12 heteroatoms. The van der Waals surface area contributed by atoms with Crippen LogP contribution in [0.1, 0.15) is 24.4 Å². The van der Waals surface area contributed by atoms with E-state index >= 15 is 0 Å². The van der Waals surface area contributed by atoms with Crippen LogP contribution in [-0.2, 0) is 14.4 Å². The third-order valence-corrected chi connectivity index (χ3v) is 5.70. The minimum absolute atomic E-state index is 0.0542. The number of benzene rings is 2. The fraction of sp³-hybridized carbons (Fsp3) is 0.292. The van der Waals surface area contributed by atoms with E-state index in [0.717, 1.165) is 6.07 Å². The Hall–Kier alpha value is -3.34. The number of aliphatic carboxylic acids is 1. The summed E-state index contributed by atoms with van der Waals surface area (Å²) in [5, 5.41) is 17.6. The van der Waals surface area contributed by atoms with E-state index in [1.165, 1.54) is 12.1 Å². The monoisotopic (exact) mass is 539 g/mol. The van der Waals surface area contributed by atoms with Crippen LogP contribution in [0.3, 0.4) is 0 Å². The lowest BCUT2D eigenvalue weighted by Crippen LogP contribution is -2.44. The molecule has 1 aliphatic heterocycles. The second kappa shape index (κ2) is 12.6. The highest BCUT2D eigenvalue weighted by atomic mass is 35.5. The Balaban J connectivity index is 1.45. The molecule has 2 atom stereocenters. The van der Waals surface area contributed by atoms with Crippen molar-refractivity contribution >= 4 is 41.0 Å². The molecule has 0 spiro atoms. The summed E-state index contributed by atoms with van der Waals surface area (Å²) in [4.78, 5) is 35.7. The van der Waals surface area contributed by atoms with Crippen molar-refractivity contribution < 1.29 is 33.4 Å². The number of carboxylic acid groups (broad SMARTS) is 1. The number of hydrogen-bond acceptors (Lipinski definition) is 6. The zero-order valence-corrected chi connectivity index (χ0v) is 20.5. The maximum absolute atomic E-state index is 13.4. The summed E-state index contributed by atoms with van der Waals surface area (Å²) in [6.45, 7) is 3.26. The molecule has 2 aromatic carbocycles. The van der Waals surface area contributed by atoms with Crippen molar-refractivity contribution in [3.05, 3.63) is 70.1 Å². The molecule has 2 aromatic rings. The number of rotatable bonds is 11. The lowest BCUT2D eigenvalue weighted by atomic mass is 9.96.